The SMILES string of the molecule is O=C(COC1Cc2ccccc2C#Cc2ccccc21)Oc1c(Cl)cc(S(=O)(=O)[O-])cc1Cl.[Na+]. The quantitative estimate of drug-likeness (QED) is 0.165. The van der Waals surface area contributed by atoms with Gasteiger partial charge in [0.25, 0.3) is 0 Å². The van der Waals surface area contributed by atoms with Crippen LogP contribution in [0.4, 0.5) is 0 Å². The molecule has 168 valence electrons. The predicted molar refractivity (Wildman–Crippen MR) is 121 cm³/mol. The van der Waals surface area contributed by atoms with Gasteiger partial charge in [0, 0.05) is 17.5 Å². The molecule has 3 aromatic carbocycles. The van der Waals surface area contributed by atoms with Crippen LogP contribution in [-0.4, -0.2) is 25.5 Å². The van der Waals surface area contributed by atoms with Crippen LogP contribution in [-0.2, 0) is 26.1 Å². The number of benzene rings is 3. The maximum Gasteiger partial charge on any atom is 1.00 e. The van der Waals surface area contributed by atoms with Crippen LogP contribution in [0, 0.1) is 11.8 Å². The molecule has 0 bridgehead atoms. The van der Waals surface area contributed by atoms with Crippen LogP contribution in [0.2, 0.25) is 10.0 Å². The molecular weight excluding hydrogens is 510 g/mol. The van der Waals surface area contributed by atoms with Crippen molar-refractivity contribution >= 4 is 39.3 Å². The summed E-state index contributed by atoms with van der Waals surface area (Å²) in [5.74, 6) is 5.28. The number of fused-ring (bicyclic) bond motifs is 2. The second-order valence-corrected chi connectivity index (χ2v) is 9.34. The van der Waals surface area contributed by atoms with Gasteiger partial charge in [-0.2, -0.15) is 0 Å². The smallest absolute Gasteiger partial charge is 0.744 e. The Bertz CT molecular complexity index is 1390. The molecule has 3 aromatic rings. The molecule has 6 nitrogen and oxygen atoms in total. The molecule has 0 N–H and O–H groups in total. The van der Waals surface area contributed by atoms with Gasteiger partial charge < -0.3 is 14.0 Å². The Balaban J connectivity index is 0.00000324. The Morgan fingerprint density at radius 3 is 2.26 bits per heavy atom. The first-order valence-corrected chi connectivity index (χ1v) is 11.8. The Morgan fingerprint density at radius 2 is 1.59 bits per heavy atom. The van der Waals surface area contributed by atoms with Crippen LogP contribution in [0.1, 0.15) is 28.4 Å². The minimum absolute atomic E-state index is 0. The average Bonchev–Trinajstić information content (AvgIpc) is 2.76. The third kappa shape index (κ3) is 6.22. The summed E-state index contributed by atoms with van der Waals surface area (Å²) < 4.78 is 44.7. The molecule has 0 radical (unpaired) electrons. The van der Waals surface area contributed by atoms with E-state index in [2.05, 4.69) is 11.8 Å². The molecule has 10 heteroatoms. The Labute approximate surface area is 229 Å². The van der Waals surface area contributed by atoms with Crippen molar-refractivity contribution in [3.05, 3.63) is 93.0 Å². The maximum atomic E-state index is 12.5. The fourth-order valence-electron chi connectivity index (χ4n) is 3.40. The first kappa shape index (κ1) is 26.7. The molecular formula is C24H15Cl2NaO6S. The minimum Gasteiger partial charge on any atom is -0.744 e. The summed E-state index contributed by atoms with van der Waals surface area (Å²) in [7, 11) is -4.77. The van der Waals surface area contributed by atoms with Gasteiger partial charge in [0.2, 0.25) is 0 Å². The summed E-state index contributed by atoms with van der Waals surface area (Å²) in [6.45, 7) is -0.428. The second-order valence-electron chi connectivity index (χ2n) is 7.14. The van der Waals surface area contributed by atoms with E-state index < -0.39 is 33.7 Å². The summed E-state index contributed by atoms with van der Waals surface area (Å²) in [4.78, 5) is 11.9. The number of rotatable bonds is 5. The van der Waals surface area contributed by atoms with Crippen LogP contribution in [0.3, 0.4) is 0 Å². The second kappa shape index (κ2) is 11.3. The molecule has 0 heterocycles. The van der Waals surface area contributed by atoms with Gasteiger partial charge in [0.1, 0.15) is 16.7 Å². The topological polar surface area (TPSA) is 92.7 Å². The van der Waals surface area contributed by atoms with Gasteiger partial charge >= 0.3 is 35.5 Å². The molecule has 0 amide bonds. The van der Waals surface area contributed by atoms with Crippen molar-refractivity contribution in [3.8, 4) is 17.6 Å². The third-order valence-electron chi connectivity index (χ3n) is 4.94. The van der Waals surface area contributed by atoms with Gasteiger partial charge in [0.05, 0.1) is 21.0 Å². The van der Waals surface area contributed by atoms with Crippen LogP contribution in [0.15, 0.2) is 65.6 Å². The van der Waals surface area contributed by atoms with Crippen molar-refractivity contribution in [3.63, 3.8) is 0 Å². The van der Waals surface area contributed by atoms with E-state index in [-0.39, 0.29) is 45.4 Å². The summed E-state index contributed by atoms with van der Waals surface area (Å²) in [5, 5.41) is -0.573. The Kier molecular flexibility index (Phi) is 8.85. The van der Waals surface area contributed by atoms with E-state index in [1.165, 1.54) is 0 Å². The minimum atomic E-state index is -4.77. The summed E-state index contributed by atoms with van der Waals surface area (Å²) in [6, 6.07) is 17.0. The fraction of sp³-hybridized carbons (Fsp3) is 0.125. The van der Waals surface area contributed by atoms with Gasteiger partial charge in [-0.25, -0.2) is 13.2 Å². The zero-order valence-corrected chi connectivity index (χ0v) is 22.2. The number of ether oxygens (including phenoxy) is 2. The summed E-state index contributed by atoms with van der Waals surface area (Å²) >= 11 is 12.0. The number of hydrogen-bond acceptors (Lipinski definition) is 6. The van der Waals surface area contributed by atoms with E-state index in [0.717, 1.165) is 34.4 Å². The molecule has 1 aliphatic rings. The van der Waals surface area contributed by atoms with E-state index >= 15 is 0 Å². The van der Waals surface area contributed by atoms with Crippen molar-refractivity contribution in [2.24, 2.45) is 0 Å². The van der Waals surface area contributed by atoms with Crippen molar-refractivity contribution < 1.29 is 56.8 Å². The number of carbonyl (C=O) groups is 1. The van der Waals surface area contributed by atoms with Crippen molar-refractivity contribution in [1.29, 1.82) is 0 Å². The zero-order chi connectivity index (χ0) is 23.6. The van der Waals surface area contributed by atoms with Gasteiger partial charge in [-0.1, -0.05) is 71.4 Å². The van der Waals surface area contributed by atoms with Crippen molar-refractivity contribution in [2.75, 3.05) is 6.61 Å². The molecule has 0 saturated carbocycles. The van der Waals surface area contributed by atoms with Gasteiger partial charge in [0.15, 0.2) is 5.75 Å². The molecule has 0 fully saturated rings. The molecule has 4 rings (SSSR count). The van der Waals surface area contributed by atoms with E-state index in [0.29, 0.717) is 6.42 Å². The van der Waals surface area contributed by atoms with Crippen LogP contribution < -0.4 is 34.3 Å². The number of hydrogen-bond donors (Lipinski definition) is 0. The van der Waals surface area contributed by atoms with Crippen molar-refractivity contribution in [2.45, 2.75) is 17.4 Å². The number of halogens is 2. The molecule has 0 saturated heterocycles. The largest absolute Gasteiger partial charge is 1.00 e. The molecule has 0 spiro atoms. The monoisotopic (exact) mass is 524 g/mol. The molecule has 1 aliphatic carbocycles. The molecule has 0 aromatic heterocycles. The van der Waals surface area contributed by atoms with Gasteiger partial charge in [-0.15, -0.1) is 0 Å². The predicted octanol–water partition coefficient (Wildman–Crippen LogP) is 1.52. The first-order chi connectivity index (χ1) is 15.7. The standard InChI is InChI=1S/C24H16Cl2O6S.Na/c25-20-12-18(33(28,29)30)13-21(26)24(20)32-23(27)14-31-22-11-17-7-2-1-5-15(17)9-10-16-6-3-4-8-19(16)22;/h1-8,12-13,22H,11,14H2,(H,28,29,30);/q;+1/p-1. The van der Waals surface area contributed by atoms with E-state index in [9.17, 15) is 17.8 Å². The normalized spacial score (nSPS) is 14.3. The molecule has 34 heavy (non-hydrogen) atoms. The Morgan fingerprint density at radius 1 is 1.00 bits per heavy atom. The fourth-order valence-corrected chi connectivity index (χ4v) is 4.61. The molecule has 0 aliphatic heterocycles. The van der Waals surface area contributed by atoms with E-state index in [1.807, 2.05) is 48.5 Å². The Hall–Kier alpha value is -1.86. The van der Waals surface area contributed by atoms with Crippen LogP contribution in [0.5, 0.6) is 5.75 Å². The van der Waals surface area contributed by atoms with Gasteiger partial charge in [-0.05, 0) is 35.4 Å². The van der Waals surface area contributed by atoms with Crippen molar-refractivity contribution in [1.82, 2.24) is 0 Å². The number of carbonyl (C=O) groups excluding carboxylic acids is 1. The van der Waals surface area contributed by atoms with Crippen LogP contribution in [0.25, 0.3) is 0 Å². The van der Waals surface area contributed by atoms with E-state index in [1.54, 1.807) is 0 Å². The first-order valence-electron chi connectivity index (χ1n) is 9.68. The average molecular weight is 525 g/mol. The summed E-state index contributed by atoms with van der Waals surface area (Å²) in [5.41, 5.74) is 3.51. The van der Waals surface area contributed by atoms with E-state index in [4.69, 9.17) is 32.7 Å². The third-order valence-corrected chi connectivity index (χ3v) is 6.32. The maximum absolute atomic E-state index is 12.5. The summed E-state index contributed by atoms with van der Waals surface area (Å²) in [6.07, 6.45) is 0.0237. The number of esters is 1. The zero-order valence-electron chi connectivity index (χ0n) is 17.9. The molecule has 1 unspecified atom stereocenters. The van der Waals surface area contributed by atoms with Crippen LogP contribution >= 0.6 is 23.2 Å². The molecule has 1 atom stereocenters. The van der Waals surface area contributed by atoms with Gasteiger partial charge in [-0.3, -0.25) is 0 Å².